The summed E-state index contributed by atoms with van der Waals surface area (Å²) in [5, 5.41) is 19.2. The normalized spacial score (nSPS) is 19.8. The first kappa shape index (κ1) is 17.1. The van der Waals surface area contributed by atoms with Crippen molar-refractivity contribution in [1.29, 1.82) is 0 Å². The Balaban J connectivity index is 1.28. The summed E-state index contributed by atoms with van der Waals surface area (Å²) in [7, 11) is 0. The number of hydrogen-bond donors (Lipinski definition) is 0. The van der Waals surface area contributed by atoms with Gasteiger partial charge in [-0.05, 0) is 57.8 Å². The Kier molecular flexibility index (Phi) is 4.53. The molecule has 7 nitrogen and oxygen atoms in total. The first-order valence-electron chi connectivity index (χ1n) is 9.92. The molecule has 0 aliphatic carbocycles. The second kappa shape index (κ2) is 7.16. The van der Waals surface area contributed by atoms with Crippen molar-refractivity contribution in [3.63, 3.8) is 0 Å². The number of fused-ring (bicyclic) bond motifs is 1. The van der Waals surface area contributed by atoms with Crippen LogP contribution in [0.25, 0.3) is 16.2 Å². The molecule has 142 valence electrons. The van der Waals surface area contributed by atoms with Crippen LogP contribution in [0.1, 0.15) is 37.9 Å². The first-order valence-corrected chi connectivity index (χ1v) is 10.7. The fourth-order valence-electron chi connectivity index (χ4n) is 4.30. The fourth-order valence-corrected chi connectivity index (χ4v) is 5.18. The molecule has 0 saturated carbocycles. The molecule has 0 atom stereocenters. The largest absolute Gasteiger partial charge is 0.347 e. The van der Waals surface area contributed by atoms with E-state index in [1.54, 1.807) is 11.3 Å². The molecule has 0 radical (unpaired) electrons. The molecule has 2 aliphatic heterocycles. The highest BCUT2D eigenvalue weighted by molar-refractivity contribution is 7.18. The van der Waals surface area contributed by atoms with Gasteiger partial charge in [0.1, 0.15) is 5.82 Å². The summed E-state index contributed by atoms with van der Waals surface area (Å²) < 4.78 is 2.00. The number of nitrogens with zero attached hydrogens (tertiary/aromatic N) is 7. The average Bonchev–Trinajstić information content (AvgIpc) is 3.36. The monoisotopic (exact) mass is 383 g/mol. The molecule has 2 saturated heterocycles. The quantitative estimate of drug-likeness (QED) is 0.693. The Morgan fingerprint density at radius 1 is 0.926 bits per heavy atom. The van der Waals surface area contributed by atoms with Crippen LogP contribution in [0.4, 0.5) is 5.13 Å². The van der Waals surface area contributed by atoms with Crippen LogP contribution in [-0.2, 0) is 0 Å². The summed E-state index contributed by atoms with van der Waals surface area (Å²) in [5.74, 6) is 0.886. The second-order valence-corrected chi connectivity index (χ2v) is 8.55. The van der Waals surface area contributed by atoms with E-state index < -0.39 is 0 Å². The highest BCUT2D eigenvalue weighted by Crippen LogP contribution is 2.31. The van der Waals surface area contributed by atoms with E-state index in [1.807, 2.05) is 17.4 Å². The Labute approximate surface area is 163 Å². The lowest BCUT2D eigenvalue weighted by molar-refractivity contribution is 0.141. The van der Waals surface area contributed by atoms with Gasteiger partial charge in [-0.1, -0.05) is 17.8 Å². The van der Waals surface area contributed by atoms with Gasteiger partial charge in [0, 0.05) is 30.9 Å². The summed E-state index contributed by atoms with van der Waals surface area (Å²) in [4.78, 5) is 5.12. The van der Waals surface area contributed by atoms with Crippen LogP contribution in [0, 0.1) is 6.92 Å². The molecule has 0 spiro atoms. The van der Waals surface area contributed by atoms with Gasteiger partial charge < -0.3 is 9.80 Å². The molecule has 0 amide bonds. The van der Waals surface area contributed by atoms with E-state index in [9.17, 15) is 0 Å². The summed E-state index contributed by atoms with van der Waals surface area (Å²) in [6, 6.07) is 4.80. The Bertz CT molecular complexity index is 919. The molecule has 5 rings (SSSR count). The molecular weight excluding hydrogens is 358 g/mol. The molecule has 0 N–H and O–H groups in total. The average molecular weight is 384 g/mol. The van der Waals surface area contributed by atoms with Crippen LogP contribution in [-0.4, -0.2) is 61.9 Å². The van der Waals surface area contributed by atoms with E-state index >= 15 is 0 Å². The smallest absolute Gasteiger partial charge is 0.208 e. The van der Waals surface area contributed by atoms with Crippen molar-refractivity contribution in [1.82, 2.24) is 29.7 Å². The van der Waals surface area contributed by atoms with Crippen molar-refractivity contribution >= 4 is 22.1 Å². The number of likely N-dealkylation sites (tertiary alicyclic amines) is 1. The van der Waals surface area contributed by atoms with Crippen molar-refractivity contribution in [3.8, 4) is 10.6 Å². The molecule has 27 heavy (non-hydrogen) atoms. The molecule has 2 fully saturated rings. The van der Waals surface area contributed by atoms with E-state index in [1.165, 1.54) is 45.2 Å². The van der Waals surface area contributed by atoms with Crippen molar-refractivity contribution in [2.24, 2.45) is 0 Å². The van der Waals surface area contributed by atoms with Gasteiger partial charge in [0.2, 0.25) is 5.13 Å². The molecule has 5 heterocycles. The van der Waals surface area contributed by atoms with Gasteiger partial charge in [-0.15, -0.1) is 20.4 Å². The summed E-state index contributed by atoms with van der Waals surface area (Å²) >= 11 is 1.68. The maximum absolute atomic E-state index is 4.48. The van der Waals surface area contributed by atoms with Crippen LogP contribution in [0.5, 0.6) is 0 Å². The van der Waals surface area contributed by atoms with Gasteiger partial charge in [-0.3, -0.25) is 4.40 Å². The van der Waals surface area contributed by atoms with Crippen LogP contribution in [0.2, 0.25) is 0 Å². The number of rotatable bonds is 3. The lowest BCUT2D eigenvalue weighted by Gasteiger charge is -2.40. The maximum atomic E-state index is 4.48. The number of aryl methyl sites for hydroxylation is 1. The van der Waals surface area contributed by atoms with Gasteiger partial charge in [0.25, 0.3) is 0 Å². The van der Waals surface area contributed by atoms with E-state index in [2.05, 4.69) is 42.5 Å². The molecule has 8 heteroatoms. The fraction of sp³-hybridized carbons (Fsp3) is 0.579. The van der Waals surface area contributed by atoms with E-state index in [-0.39, 0.29) is 0 Å². The minimum Gasteiger partial charge on any atom is -0.347 e. The van der Waals surface area contributed by atoms with Crippen LogP contribution in [0.15, 0.2) is 18.3 Å². The molecule has 0 unspecified atom stereocenters. The SMILES string of the molecule is Cc1nnc2ccc(-c3nnc(N4CCC(N5CCCCC5)CC4)s3)cn12. The summed E-state index contributed by atoms with van der Waals surface area (Å²) in [6.45, 7) is 6.71. The highest BCUT2D eigenvalue weighted by atomic mass is 32.1. The van der Waals surface area contributed by atoms with Crippen LogP contribution in [0.3, 0.4) is 0 Å². The molecule has 0 aromatic carbocycles. The van der Waals surface area contributed by atoms with Gasteiger partial charge >= 0.3 is 0 Å². The second-order valence-electron chi connectivity index (χ2n) is 7.60. The van der Waals surface area contributed by atoms with Crippen molar-refractivity contribution < 1.29 is 0 Å². The third kappa shape index (κ3) is 3.32. The first-order chi connectivity index (χ1) is 13.3. The maximum Gasteiger partial charge on any atom is 0.208 e. The lowest BCUT2D eigenvalue weighted by Crippen LogP contribution is -2.46. The number of hydrogen-bond acceptors (Lipinski definition) is 7. The van der Waals surface area contributed by atoms with Crippen LogP contribution >= 0.6 is 11.3 Å². The number of pyridine rings is 1. The molecule has 3 aromatic rings. The Morgan fingerprint density at radius 2 is 1.74 bits per heavy atom. The Hall–Kier alpha value is -2.06. The van der Waals surface area contributed by atoms with Gasteiger partial charge in [0.05, 0.1) is 0 Å². The lowest BCUT2D eigenvalue weighted by atomic mass is 10.0. The van der Waals surface area contributed by atoms with E-state index in [4.69, 9.17) is 0 Å². The zero-order chi connectivity index (χ0) is 18.2. The van der Waals surface area contributed by atoms with Gasteiger partial charge in [-0.2, -0.15) is 0 Å². The highest BCUT2D eigenvalue weighted by Gasteiger charge is 2.27. The third-order valence-corrected chi connectivity index (χ3v) is 6.91. The van der Waals surface area contributed by atoms with Crippen molar-refractivity contribution in [3.05, 3.63) is 24.2 Å². The zero-order valence-electron chi connectivity index (χ0n) is 15.7. The molecule has 0 bridgehead atoms. The number of anilines is 1. The minimum atomic E-state index is 0.757. The van der Waals surface area contributed by atoms with Gasteiger partial charge in [0.15, 0.2) is 10.7 Å². The third-order valence-electron chi connectivity index (χ3n) is 5.88. The predicted molar refractivity (Wildman–Crippen MR) is 107 cm³/mol. The number of piperidine rings is 2. The Morgan fingerprint density at radius 3 is 2.56 bits per heavy atom. The number of aromatic nitrogens is 5. The molecular formula is C19H25N7S. The summed E-state index contributed by atoms with van der Waals surface area (Å²) in [5.41, 5.74) is 1.93. The standard InChI is InChI=1S/C19H25N7S/c1-14-20-21-17-6-5-15(13-26(14)17)18-22-23-19(27-18)25-11-7-16(8-12-25)24-9-3-2-4-10-24/h5-6,13,16H,2-4,7-12H2,1H3. The van der Waals surface area contributed by atoms with E-state index in [0.717, 1.165) is 46.3 Å². The topological polar surface area (TPSA) is 62.5 Å². The van der Waals surface area contributed by atoms with E-state index in [0.29, 0.717) is 0 Å². The summed E-state index contributed by atoms with van der Waals surface area (Å²) in [6.07, 6.45) is 8.68. The molecule has 2 aliphatic rings. The van der Waals surface area contributed by atoms with Gasteiger partial charge in [-0.25, -0.2) is 0 Å². The van der Waals surface area contributed by atoms with Crippen molar-refractivity contribution in [2.75, 3.05) is 31.1 Å². The molecule has 3 aromatic heterocycles. The van der Waals surface area contributed by atoms with Crippen molar-refractivity contribution in [2.45, 2.75) is 45.1 Å². The minimum absolute atomic E-state index is 0.757. The zero-order valence-corrected chi connectivity index (χ0v) is 16.5. The van der Waals surface area contributed by atoms with Crippen LogP contribution < -0.4 is 4.90 Å². The predicted octanol–water partition coefficient (Wildman–Crippen LogP) is 3.01.